The summed E-state index contributed by atoms with van der Waals surface area (Å²) in [6.07, 6.45) is 3.40. The van der Waals surface area contributed by atoms with E-state index in [0.29, 0.717) is 0 Å². The summed E-state index contributed by atoms with van der Waals surface area (Å²) < 4.78 is 10.6. The van der Waals surface area contributed by atoms with E-state index in [1.165, 1.54) is 0 Å². The fourth-order valence-corrected chi connectivity index (χ4v) is 3.18. The van der Waals surface area contributed by atoms with Gasteiger partial charge in [0.2, 0.25) is 0 Å². The van der Waals surface area contributed by atoms with E-state index >= 15 is 0 Å². The molecule has 14 heavy (non-hydrogen) atoms. The lowest BCUT2D eigenvalue weighted by molar-refractivity contribution is 0.469. The Morgan fingerprint density at radius 1 is 0.857 bits per heavy atom. The maximum atomic E-state index is 5.30. The molecule has 0 saturated carbocycles. The van der Waals surface area contributed by atoms with Crippen molar-refractivity contribution < 1.29 is 8.83 Å². The summed E-state index contributed by atoms with van der Waals surface area (Å²) in [5.41, 5.74) is 2.32. The van der Waals surface area contributed by atoms with Crippen LogP contribution in [0.5, 0.6) is 0 Å². The molecular formula is C10H10O2S2. The molecule has 4 heteroatoms. The highest BCUT2D eigenvalue weighted by molar-refractivity contribution is 8.76. The van der Waals surface area contributed by atoms with E-state index in [-0.39, 0.29) is 0 Å². The van der Waals surface area contributed by atoms with Crippen LogP contribution >= 0.6 is 21.6 Å². The smallest absolute Gasteiger partial charge is 0.173 e. The van der Waals surface area contributed by atoms with Crippen LogP contribution in [0.2, 0.25) is 0 Å². The second-order valence-electron chi connectivity index (χ2n) is 2.95. The summed E-state index contributed by atoms with van der Waals surface area (Å²) in [6.45, 7) is 4.06. The molecule has 0 aliphatic carbocycles. The van der Waals surface area contributed by atoms with Gasteiger partial charge in [0, 0.05) is 11.1 Å². The molecule has 0 aliphatic rings. The minimum atomic E-state index is 0.936. The lowest BCUT2D eigenvalue weighted by Gasteiger charge is -1.96. The molecule has 0 N–H and O–H groups in total. The molecule has 0 fully saturated rings. The Bertz CT molecular complexity index is 377. The minimum absolute atomic E-state index is 0.936. The predicted molar refractivity (Wildman–Crippen MR) is 58.6 cm³/mol. The van der Waals surface area contributed by atoms with Gasteiger partial charge in [-0.25, -0.2) is 0 Å². The van der Waals surface area contributed by atoms with Crippen LogP contribution in [0.3, 0.4) is 0 Å². The van der Waals surface area contributed by atoms with Crippen molar-refractivity contribution in [1.82, 2.24) is 0 Å². The third-order valence-electron chi connectivity index (χ3n) is 1.82. The second kappa shape index (κ2) is 4.19. The van der Waals surface area contributed by atoms with Crippen molar-refractivity contribution in [2.45, 2.75) is 24.0 Å². The van der Waals surface area contributed by atoms with Gasteiger partial charge in [-0.15, -0.1) is 0 Å². The topological polar surface area (TPSA) is 26.3 Å². The van der Waals surface area contributed by atoms with Crippen LogP contribution in [0.25, 0.3) is 0 Å². The van der Waals surface area contributed by atoms with Crippen LogP contribution in [-0.4, -0.2) is 0 Å². The van der Waals surface area contributed by atoms with Crippen molar-refractivity contribution in [3.8, 4) is 0 Å². The third-order valence-corrected chi connectivity index (χ3v) is 4.20. The lowest BCUT2D eigenvalue weighted by Crippen LogP contribution is -1.68. The zero-order valence-corrected chi connectivity index (χ0v) is 9.58. The largest absolute Gasteiger partial charge is 0.457 e. The molecule has 2 nitrogen and oxygen atoms in total. The van der Waals surface area contributed by atoms with Gasteiger partial charge in [-0.05, 0) is 47.6 Å². The molecular weight excluding hydrogens is 216 g/mol. The van der Waals surface area contributed by atoms with Crippen molar-refractivity contribution in [3.05, 3.63) is 35.8 Å². The summed E-state index contributed by atoms with van der Waals surface area (Å²) in [5.74, 6) is 0. The van der Waals surface area contributed by atoms with Gasteiger partial charge in [0.15, 0.2) is 10.2 Å². The zero-order chi connectivity index (χ0) is 9.97. The van der Waals surface area contributed by atoms with Gasteiger partial charge in [0.1, 0.15) is 0 Å². The highest BCUT2D eigenvalue weighted by Gasteiger charge is 2.07. The van der Waals surface area contributed by atoms with Gasteiger partial charge in [0.05, 0.1) is 12.5 Å². The van der Waals surface area contributed by atoms with Gasteiger partial charge < -0.3 is 8.83 Å². The van der Waals surface area contributed by atoms with Gasteiger partial charge in [0.25, 0.3) is 0 Å². The fourth-order valence-electron chi connectivity index (χ4n) is 0.964. The number of furan rings is 2. The predicted octanol–water partition coefficient (Wildman–Crippen LogP) is 4.29. The van der Waals surface area contributed by atoms with E-state index in [1.807, 2.05) is 26.0 Å². The Hall–Kier alpha value is -0.740. The summed E-state index contributed by atoms with van der Waals surface area (Å²) in [4.78, 5) is 0. The first kappa shape index (κ1) is 9.80. The SMILES string of the molecule is Cc1ccoc1SSc1occc1C. The van der Waals surface area contributed by atoms with E-state index in [4.69, 9.17) is 8.83 Å². The molecule has 2 rings (SSSR count). The zero-order valence-electron chi connectivity index (χ0n) is 7.94. The third kappa shape index (κ3) is 2.01. The maximum Gasteiger partial charge on any atom is 0.173 e. The molecule has 0 unspecified atom stereocenters. The number of rotatable bonds is 3. The van der Waals surface area contributed by atoms with Crippen molar-refractivity contribution in [3.63, 3.8) is 0 Å². The van der Waals surface area contributed by atoms with Gasteiger partial charge in [-0.2, -0.15) is 0 Å². The van der Waals surface area contributed by atoms with E-state index in [9.17, 15) is 0 Å². The van der Waals surface area contributed by atoms with Gasteiger partial charge in [-0.1, -0.05) is 0 Å². The first-order chi connectivity index (χ1) is 6.77. The molecule has 74 valence electrons. The van der Waals surface area contributed by atoms with Gasteiger partial charge in [-0.3, -0.25) is 0 Å². The quantitative estimate of drug-likeness (QED) is 0.729. The van der Waals surface area contributed by atoms with E-state index in [0.717, 1.165) is 21.3 Å². The monoisotopic (exact) mass is 226 g/mol. The summed E-state index contributed by atoms with van der Waals surface area (Å²) in [6, 6.07) is 3.91. The Morgan fingerprint density at radius 3 is 1.57 bits per heavy atom. The highest BCUT2D eigenvalue weighted by Crippen LogP contribution is 2.40. The Kier molecular flexibility index (Phi) is 2.93. The average Bonchev–Trinajstić information content (AvgIpc) is 2.72. The molecule has 0 atom stereocenters. The van der Waals surface area contributed by atoms with Crippen molar-refractivity contribution in [2.24, 2.45) is 0 Å². The summed E-state index contributed by atoms with van der Waals surface area (Å²) in [7, 11) is 3.16. The Balaban J connectivity index is 2.02. The van der Waals surface area contributed by atoms with E-state index in [2.05, 4.69) is 0 Å². The summed E-state index contributed by atoms with van der Waals surface area (Å²) in [5, 5.41) is 1.87. The number of aryl methyl sites for hydroxylation is 2. The first-order valence-electron chi connectivity index (χ1n) is 4.20. The van der Waals surface area contributed by atoms with Crippen LogP contribution in [0.15, 0.2) is 43.7 Å². The Morgan fingerprint density at radius 2 is 1.29 bits per heavy atom. The standard InChI is InChI=1S/C10H10O2S2/c1-7-3-5-11-9(7)13-14-10-8(2)4-6-12-10/h3-6H,1-2H3. The van der Waals surface area contributed by atoms with Crippen molar-refractivity contribution in [2.75, 3.05) is 0 Å². The van der Waals surface area contributed by atoms with Crippen LogP contribution in [-0.2, 0) is 0 Å². The molecule has 0 amide bonds. The molecule has 2 heterocycles. The van der Waals surface area contributed by atoms with Crippen LogP contribution in [0, 0.1) is 13.8 Å². The van der Waals surface area contributed by atoms with E-state index in [1.54, 1.807) is 34.1 Å². The second-order valence-corrected chi connectivity index (χ2v) is 5.02. The molecule has 0 spiro atoms. The van der Waals surface area contributed by atoms with Crippen molar-refractivity contribution >= 4 is 21.6 Å². The fraction of sp³-hybridized carbons (Fsp3) is 0.200. The molecule has 0 aliphatic heterocycles. The molecule has 0 saturated heterocycles. The highest BCUT2D eigenvalue weighted by atomic mass is 33.1. The molecule has 2 aromatic heterocycles. The minimum Gasteiger partial charge on any atom is -0.457 e. The maximum absolute atomic E-state index is 5.30. The summed E-state index contributed by atoms with van der Waals surface area (Å²) >= 11 is 0. The first-order valence-corrected chi connectivity index (χ1v) is 6.35. The average molecular weight is 226 g/mol. The lowest BCUT2D eigenvalue weighted by atomic mass is 10.4. The normalized spacial score (nSPS) is 10.7. The van der Waals surface area contributed by atoms with Crippen molar-refractivity contribution in [1.29, 1.82) is 0 Å². The van der Waals surface area contributed by atoms with Crippen LogP contribution in [0.4, 0.5) is 0 Å². The molecule has 0 aromatic carbocycles. The number of hydrogen-bond donors (Lipinski definition) is 0. The van der Waals surface area contributed by atoms with Crippen LogP contribution in [0.1, 0.15) is 11.1 Å². The van der Waals surface area contributed by atoms with E-state index < -0.39 is 0 Å². The number of hydrogen-bond acceptors (Lipinski definition) is 4. The Labute approximate surface area is 90.5 Å². The molecule has 0 radical (unpaired) electrons. The van der Waals surface area contributed by atoms with Crippen LogP contribution < -0.4 is 0 Å². The molecule has 0 bridgehead atoms. The molecule has 2 aromatic rings. The van der Waals surface area contributed by atoms with Gasteiger partial charge >= 0.3 is 0 Å².